The highest BCUT2D eigenvalue weighted by atomic mass is 31.2. The fraction of sp³-hybridized carbons (Fsp3) is 1.00. The Morgan fingerprint density at radius 3 is 2.15 bits per heavy atom. The SMILES string of the molecule is BBP(=O)(CC)OP(C)(=O)B(B)B. The standard InChI is InChI=1S/C3H15B5O3P2/c1-3-13(10,7-4)11-12(2,9)8(5)6/h7H,3-6H2,1-2H3. The van der Waals surface area contributed by atoms with Gasteiger partial charge >= 0.3 is 0 Å². The molecule has 0 amide bonds. The van der Waals surface area contributed by atoms with E-state index in [1.165, 1.54) is 0 Å². The van der Waals surface area contributed by atoms with Gasteiger partial charge in [0, 0.05) is 12.8 Å². The van der Waals surface area contributed by atoms with E-state index in [4.69, 9.17) is 4.31 Å². The highest BCUT2D eigenvalue weighted by molar-refractivity contribution is 8.09. The maximum atomic E-state index is 11.9. The third-order valence-electron chi connectivity index (χ3n) is 2.21. The van der Waals surface area contributed by atoms with Crippen molar-refractivity contribution < 1.29 is 13.4 Å². The lowest BCUT2D eigenvalue weighted by atomic mass is 9.37. The zero-order chi connectivity index (χ0) is 10.7. The van der Waals surface area contributed by atoms with E-state index in [0.29, 0.717) is 13.1 Å². The van der Waals surface area contributed by atoms with Crippen molar-refractivity contribution in [2.75, 3.05) is 12.8 Å². The zero-order valence-electron chi connectivity index (χ0n) is 9.11. The first kappa shape index (κ1) is 13.7. The van der Waals surface area contributed by atoms with E-state index >= 15 is 0 Å². The second-order valence-electron chi connectivity index (χ2n) is 3.53. The molecule has 2 unspecified atom stereocenters. The van der Waals surface area contributed by atoms with Gasteiger partial charge in [0.15, 0.2) is 20.4 Å². The van der Waals surface area contributed by atoms with Gasteiger partial charge in [-0.2, -0.15) is 0 Å². The first-order chi connectivity index (χ1) is 5.77. The lowest BCUT2D eigenvalue weighted by molar-refractivity contribution is 0.483. The highest BCUT2D eigenvalue weighted by Crippen LogP contribution is 2.60. The maximum absolute atomic E-state index is 11.9. The summed E-state index contributed by atoms with van der Waals surface area (Å²) in [7, 11) is 0.168. The normalized spacial score (nSPS) is 19.8. The Morgan fingerprint density at radius 2 is 1.92 bits per heavy atom. The summed E-state index contributed by atoms with van der Waals surface area (Å²) in [6.45, 7) is 3.84. The molecule has 0 aliphatic rings. The summed E-state index contributed by atoms with van der Waals surface area (Å²) in [5.74, 6) is 0. The minimum atomic E-state index is -2.68. The van der Waals surface area contributed by atoms with Crippen LogP contribution in [0.3, 0.4) is 0 Å². The van der Waals surface area contributed by atoms with E-state index < -0.39 is 14.5 Å². The van der Waals surface area contributed by atoms with Crippen LogP contribution in [-0.4, -0.2) is 49.1 Å². The second-order valence-corrected chi connectivity index (χ2v) is 9.93. The number of hydrogen-bond acceptors (Lipinski definition) is 3. The third-order valence-corrected chi connectivity index (χ3v) is 8.50. The van der Waals surface area contributed by atoms with Crippen molar-refractivity contribution in [3.63, 3.8) is 0 Å². The molecule has 3 nitrogen and oxygen atoms in total. The first-order valence-corrected chi connectivity index (χ1v) is 8.77. The fourth-order valence-electron chi connectivity index (χ4n) is 0.729. The van der Waals surface area contributed by atoms with E-state index in [9.17, 15) is 9.13 Å². The van der Waals surface area contributed by atoms with Crippen LogP contribution in [0.15, 0.2) is 0 Å². The Morgan fingerprint density at radius 1 is 1.46 bits per heavy atom. The third kappa shape index (κ3) is 4.19. The average Bonchev–Trinajstić information content (AvgIpc) is 2.03. The van der Waals surface area contributed by atoms with Gasteiger partial charge in [0.1, 0.15) is 7.25 Å². The summed E-state index contributed by atoms with van der Waals surface area (Å²) >= 11 is 0. The predicted octanol–water partition coefficient (Wildman–Crippen LogP) is -1.64. The van der Waals surface area contributed by atoms with E-state index in [1.54, 1.807) is 6.66 Å². The molecule has 0 aromatic carbocycles. The lowest BCUT2D eigenvalue weighted by Crippen LogP contribution is -2.16. The van der Waals surface area contributed by atoms with E-state index in [0.717, 1.165) is 0 Å². The Labute approximate surface area is 84.5 Å². The minimum absolute atomic E-state index is 0.0566. The molecule has 0 rings (SSSR count). The van der Waals surface area contributed by atoms with Crippen molar-refractivity contribution >= 4 is 50.8 Å². The summed E-state index contributed by atoms with van der Waals surface area (Å²) in [5.41, 5.74) is 0. The van der Waals surface area contributed by atoms with Crippen LogP contribution in [0.2, 0.25) is 0 Å². The molecule has 0 spiro atoms. The predicted molar refractivity (Wildman–Crippen MR) is 71.3 cm³/mol. The van der Waals surface area contributed by atoms with Crippen molar-refractivity contribution in [1.82, 2.24) is 0 Å². The summed E-state index contributed by atoms with van der Waals surface area (Å²) < 4.78 is 29.0. The molecule has 0 aromatic heterocycles. The zero-order valence-corrected chi connectivity index (χ0v) is 10.9. The number of hydrogen-bond donors (Lipinski definition) is 0. The molecule has 0 heterocycles. The van der Waals surface area contributed by atoms with Crippen LogP contribution in [0.4, 0.5) is 0 Å². The number of rotatable bonds is 5. The van der Waals surface area contributed by atoms with Crippen molar-refractivity contribution in [3.8, 4) is 0 Å². The highest BCUT2D eigenvalue weighted by Gasteiger charge is 2.31. The quantitative estimate of drug-likeness (QED) is 0.408. The second kappa shape index (κ2) is 5.00. The Balaban J connectivity index is 4.60. The molecule has 0 aliphatic heterocycles. The van der Waals surface area contributed by atoms with Crippen LogP contribution >= 0.6 is 14.5 Å². The van der Waals surface area contributed by atoms with E-state index in [-0.39, 0.29) is 6.21 Å². The molecule has 0 aromatic rings. The molecule has 0 fully saturated rings. The van der Waals surface area contributed by atoms with Gasteiger partial charge in [0.05, 0.1) is 23.2 Å². The molecule has 70 valence electrons. The molecule has 0 bridgehead atoms. The van der Waals surface area contributed by atoms with Crippen LogP contribution in [0.5, 0.6) is 0 Å². The smallest absolute Gasteiger partial charge is 0.194 e. The van der Waals surface area contributed by atoms with Gasteiger partial charge in [-0.1, -0.05) is 6.92 Å². The van der Waals surface area contributed by atoms with Crippen molar-refractivity contribution in [2.45, 2.75) is 6.92 Å². The summed E-state index contributed by atoms with van der Waals surface area (Å²) in [6, 6.07) is 0. The Bertz CT molecular complexity index is 241. The van der Waals surface area contributed by atoms with Crippen LogP contribution in [0, 0.1) is 0 Å². The maximum Gasteiger partial charge on any atom is 0.194 e. The van der Waals surface area contributed by atoms with Crippen molar-refractivity contribution in [3.05, 3.63) is 0 Å². The minimum Gasteiger partial charge on any atom is -0.306 e. The molecule has 0 radical (unpaired) electrons. The molecule has 0 aliphatic carbocycles. The molecule has 2 atom stereocenters. The van der Waals surface area contributed by atoms with E-state index in [2.05, 4.69) is 0 Å². The summed E-state index contributed by atoms with van der Waals surface area (Å²) in [6.07, 6.45) is 0.410. The van der Waals surface area contributed by atoms with E-state index in [1.807, 2.05) is 30.1 Å². The largest absolute Gasteiger partial charge is 0.306 e. The van der Waals surface area contributed by atoms with Gasteiger partial charge < -0.3 is 9.13 Å². The van der Waals surface area contributed by atoms with Gasteiger partial charge in [0.25, 0.3) is 0 Å². The molecule has 13 heavy (non-hydrogen) atoms. The van der Waals surface area contributed by atoms with Gasteiger partial charge in [-0.15, -0.1) is 0 Å². The van der Waals surface area contributed by atoms with Crippen LogP contribution in [0.25, 0.3) is 0 Å². The van der Waals surface area contributed by atoms with Gasteiger partial charge in [-0.05, 0) is 0 Å². The fourth-order valence-corrected chi connectivity index (χ4v) is 5.22. The molecular weight excluding hydrogens is 200 g/mol. The monoisotopic (exact) mass is 216 g/mol. The van der Waals surface area contributed by atoms with Gasteiger partial charge in [-0.3, -0.25) is 4.31 Å². The van der Waals surface area contributed by atoms with Crippen molar-refractivity contribution in [2.24, 2.45) is 0 Å². The van der Waals surface area contributed by atoms with Crippen LogP contribution in [-0.2, 0) is 13.4 Å². The van der Waals surface area contributed by atoms with Gasteiger partial charge in [0.2, 0.25) is 0 Å². The van der Waals surface area contributed by atoms with Crippen LogP contribution < -0.4 is 0 Å². The Kier molecular flexibility index (Phi) is 5.29. The van der Waals surface area contributed by atoms with Gasteiger partial charge in [-0.25, -0.2) is 0 Å². The topological polar surface area (TPSA) is 43.4 Å². The first-order valence-electron chi connectivity index (χ1n) is 4.64. The van der Waals surface area contributed by atoms with Crippen LogP contribution in [0.1, 0.15) is 6.92 Å². The molecule has 10 heteroatoms. The molecule has 0 saturated carbocycles. The summed E-state index contributed by atoms with van der Waals surface area (Å²) in [4.78, 5) is 0. The Hall–Kier alpha value is 0.745. The summed E-state index contributed by atoms with van der Waals surface area (Å²) in [5, 5.41) is 0. The molecule has 0 N–H and O–H groups in total. The lowest BCUT2D eigenvalue weighted by Gasteiger charge is -2.23. The molecular formula is C3H15B5O3P2. The average molecular weight is 215 g/mol. The molecule has 0 saturated heterocycles. The van der Waals surface area contributed by atoms with Crippen molar-refractivity contribution in [1.29, 1.82) is 0 Å².